The van der Waals surface area contributed by atoms with E-state index in [-0.39, 0.29) is 12.3 Å². The molecule has 0 heterocycles. The van der Waals surface area contributed by atoms with Crippen LogP contribution in [0.1, 0.15) is 39.2 Å². The van der Waals surface area contributed by atoms with Crippen molar-refractivity contribution < 1.29 is 24.3 Å². The molecular weight excluding hydrogens is 444 g/mol. The molecule has 10 heteroatoms. The molecule has 0 spiro atoms. The second-order valence-electron chi connectivity index (χ2n) is 8.40. The van der Waals surface area contributed by atoms with Gasteiger partial charge < -0.3 is 26.8 Å². The van der Waals surface area contributed by atoms with E-state index in [0.29, 0.717) is 12.8 Å². The number of amides is 3. The molecule has 1 aromatic rings. The molecule has 4 atom stereocenters. The minimum absolute atomic E-state index is 0.0586. The van der Waals surface area contributed by atoms with E-state index < -0.39 is 47.9 Å². The van der Waals surface area contributed by atoms with Gasteiger partial charge >= 0.3 is 5.97 Å². The van der Waals surface area contributed by atoms with E-state index in [4.69, 9.17) is 5.73 Å². The molecule has 0 saturated carbocycles. The van der Waals surface area contributed by atoms with E-state index in [0.717, 1.165) is 11.3 Å². The first-order valence-electron chi connectivity index (χ1n) is 11.0. The van der Waals surface area contributed by atoms with Gasteiger partial charge in [-0.25, -0.2) is 4.79 Å². The van der Waals surface area contributed by atoms with E-state index >= 15 is 0 Å². The van der Waals surface area contributed by atoms with Crippen molar-refractivity contribution >= 4 is 35.5 Å². The van der Waals surface area contributed by atoms with Crippen LogP contribution in [0.5, 0.6) is 0 Å². The number of hydrogen-bond donors (Lipinski definition) is 5. The highest BCUT2D eigenvalue weighted by atomic mass is 32.2. The summed E-state index contributed by atoms with van der Waals surface area (Å²) in [6.07, 6.45) is 2.82. The summed E-state index contributed by atoms with van der Waals surface area (Å²) >= 11 is 1.57. The minimum atomic E-state index is -1.17. The third-order valence-electron chi connectivity index (χ3n) is 4.96. The fourth-order valence-corrected chi connectivity index (χ4v) is 3.57. The second-order valence-corrected chi connectivity index (χ2v) is 9.38. The molecule has 0 bridgehead atoms. The second kappa shape index (κ2) is 14.5. The average Bonchev–Trinajstić information content (AvgIpc) is 2.76. The Kier molecular flexibility index (Phi) is 12.5. The van der Waals surface area contributed by atoms with Gasteiger partial charge in [0.15, 0.2) is 0 Å². The molecule has 184 valence electrons. The Bertz CT molecular complexity index is 790. The Hall–Kier alpha value is -2.59. The number of carbonyl (C=O) groups is 4. The summed E-state index contributed by atoms with van der Waals surface area (Å²) in [5, 5.41) is 17.3. The number of hydrogen-bond acceptors (Lipinski definition) is 6. The number of thioether (sulfide) groups is 1. The quantitative estimate of drug-likeness (QED) is 0.266. The van der Waals surface area contributed by atoms with E-state index in [1.807, 2.05) is 26.2 Å². The zero-order valence-corrected chi connectivity index (χ0v) is 20.5. The van der Waals surface area contributed by atoms with Gasteiger partial charge in [0.25, 0.3) is 0 Å². The first-order valence-corrected chi connectivity index (χ1v) is 12.4. The maximum Gasteiger partial charge on any atom is 0.326 e. The normalized spacial score (nSPS) is 14.6. The molecular formula is C23H36N4O5S. The van der Waals surface area contributed by atoms with Crippen LogP contribution in [0.3, 0.4) is 0 Å². The molecule has 0 fully saturated rings. The zero-order valence-electron chi connectivity index (χ0n) is 19.7. The Balaban J connectivity index is 2.80. The SMILES string of the molecule is CSCCC(N)C(=O)NC(C)C(=O)NC(CC(C)C)C(=O)NC(Cc1ccccc1)C(=O)O. The number of carboxylic acids is 1. The van der Waals surface area contributed by atoms with Gasteiger partial charge in [0.1, 0.15) is 18.1 Å². The van der Waals surface area contributed by atoms with Gasteiger partial charge in [-0.2, -0.15) is 11.8 Å². The van der Waals surface area contributed by atoms with Crippen molar-refractivity contribution in [2.75, 3.05) is 12.0 Å². The van der Waals surface area contributed by atoms with Crippen molar-refractivity contribution in [2.45, 2.75) is 64.2 Å². The summed E-state index contributed by atoms with van der Waals surface area (Å²) < 4.78 is 0. The molecule has 1 aromatic carbocycles. The lowest BCUT2D eigenvalue weighted by Crippen LogP contribution is -2.56. The third-order valence-corrected chi connectivity index (χ3v) is 5.60. The van der Waals surface area contributed by atoms with Crippen molar-refractivity contribution in [3.63, 3.8) is 0 Å². The molecule has 1 rings (SSSR count). The molecule has 6 N–H and O–H groups in total. The van der Waals surface area contributed by atoms with Crippen molar-refractivity contribution in [2.24, 2.45) is 11.7 Å². The van der Waals surface area contributed by atoms with Crippen LogP contribution < -0.4 is 21.7 Å². The van der Waals surface area contributed by atoms with Gasteiger partial charge in [-0.05, 0) is 43.3 Å². The molecule has 0 aliphatic rings. The lowest BCUT2D eigenvalue weighted by Gasteiger charge is -2.25. The van der Waals surface area contributed by atoms with Crippen LogP contribution in [0, 0.1) is 5.92 Å². The van der Waals surface area contributed by atoms with E-state index in [2.05, 4.69) is 16.0 Å². The third kappa shape index (κ3) is 10.7. The smallest absolute Gasteiger partial charge is 0.326 e. The number of carboxylic acid groups (broad SMARTS) is 1. The van der Waals surface area contributed by atoms with Crippen LogP contribution >= 0.6 is 11.8 Å². The molecule has 3 amide bonds. The maximum absolute atomic E-state index is 12.9. The fourth-order valence-electron chi connectivity index (χ4n) is 3.08. The Morgan fingerprint density at radius 3 is 2.09 bits per heavy atom. The van der Waals surface area contributed by atoms with Crippen LogP contribution in [0.4, 0.5) is 0 Å². The highest BCUT2D eigenvalue weighted by Gasteiger charge is 2.29. The number of nitrogens with one attached hydrogen (secondary N) is 3. The lowest BCUT2D eigenvalue weighted by atomic mass is 10.0. The first kappa shape index (κ1) is 28.4. The fraction of sp³-hybridized carbons (Fsp3) is 0.565. The molecule has 0 saturated heterocycles. The predicted molar refractivity (Wildman–Crippen MR) is 130 cm³/mol. The number of benzene rings is 1. The van der Waals surface area contributed by atoms with Gasteiger partial charge in [0.2, 0.25) is 17.7 Å². The Morgan fingerprint density at radius 2 is 1.55 bits per heavy atom. The molecule has 9 nitrogen and oxygen atoms in total. The highest BCUT2D eigenvalue weighted by Crippen LogP contribution is 2.08. The monoisotopic (exact) mass is 480 g/mol. The molecule has 33 heavy (non-hydrogen) atoms. The summed E-state index contributed by atoms with van der Waals surface area (Å²) in [7, 11) is 0. The number of aliphatic carboxylic acids is 1. The van der Waals surface area contributed by atoms with Gasteiger partial charge in [-0.3, -0.25) is 14.4 Å². The van der Waals surface area contributed by atoms with Crippen molar-refractivity contribution in [1.29, 1.82) is 0 Å². The van der Waals surface area contributed by atoms with Crippen molar-refractivity contribution in [3.05, 3.63) is 35.9 Å². The van der Waals surface area contributed by atoms with E-state index in [9.17, 15) is 24.3 Å². The first-order chi connectivity index (χ1) is 15.5. The molecule has 0 aliphatic carbocycles. The van der Waals surface area contributed by atoms with E-state index in [1.165, 1.54) is 6.92 Å². The van der Waals surface area contributed by atoms with E-state index in [1.54, 1.807) is 36.0 Å². The van der Waals surface area contributed by atoms with Gasteiger partial charge in [0, 0.05) is 6.42 Å². The lowest BCUT2D eigenvalue weighted by molar-refractivity contribution is -0.142. The summed E-state index contributed by atoms with van der Waals surface area (Å²) in [6.45, 7) is 5.29. The topological polar surface area (TPSA) is 151 Å². The molecule has 4 unspecified atom stereocenters. The predicted octanol–water partition coefficient (Wildman–Crippen LogP) is 0.915. The Labute approximate surface area is 199 Å². The van der Waals surface area contributed by atoms with Crippen molar-refractivity contribution in [3.8, 4) is 0 Å². The maximum atomic E-state index is 12.9. The average molecular weight is 481 g/mol. The van der Waals surface area contributed by atoms with Gasteiger partial charge in [-0.1, -0.05) is 44.2 Å². The van der Waals surface area contributed by atoms with Crippen LogP contribution in [0.2, 0.25) is 0 Å². The summed E-state index contributed by atoms with van der Waals surface area (Å²) in [5.41, 5.74) is 6.60. The van der Waals surface area contributed by atoms with Crippen molar-refractivity contribution in [1.82, 2.24) is 16.0 Å². The largest absolute Gasteiger partial charge is 0.480 e. The van der Waals surface area contributed by atoms with Gasteiger partial charge in [-0.15, -0.1) is 0 Å². The number of carbonyl (C=O) groups excluding carboxylic acids is 3. The summed E-state index contributed by atoms with van der Waals surface area (Å²) in [4.78, 5) is 49.4. The zero-order chi connectivity index (χ0) is 25.0. The molecule has 0 aromatic heterocycles. The minimum Gasteiger partial charge on any atom is -0.480 e. The summed E-state index contributed by atoms with van der Waals surface area (Å²) in [6, 6.07) is 5.25. The standard InChI is InChI=1S/C23H36N4O5S/c1-14(2)12-18(26-20(28)15(3)25-21(29)17(24)10-11-33-4)22(30)27-19(23(31)32)13-16-8-6-5-7-9-16/h5-9,14-15,17-19H,10-13,24H2,1-4H3,(H,25,29)(H,26,28)(H,27,30)(H,31,32). The molecule has 0 aliphatic heterocycles. The van der Waals surface area contributed by atoms with Crippen LogP contribution in [0.25, 0.3) is 0 Å². The van der Waals surface area contributed by atoms with Crippen LogP contribution in [-0.2, 0) is 25.6 Å². The number of nitrogens with two attached hydrogens (primary N) is 1. The van der Waals surface area contributed by atoms with Gasteiger partial charge in [0.05, 0.1) is 6.04 Å². The van der Waals surface area contributed by atoms with Crippen LogP contribution in [0.15, 0.2) is 30.3 Å². The Morgan fingerprint density at radius 1 is 0.939 bits per heavy atom. The summed E-state index contributed by atoms with van der Waals surface area (Å²) in [5.74, 6) is -1.96. The van der Waals surface area contributed by atoms with Crippen LogP contribution in [-0.4, -0.2) is 65.0 Å². The highest BCUT2D eigenvalue weighted by molar-refractivity contribution is 7.98. The molecule has 0 radical (unpaired) electrons. The number of rotatable bonds is 14.